The van der Waals surface area contributed by atoms with E-state index in [1.807, 2.05) is 35.2 Å². The van der Waals surface area contributed by atoms with Gasteiger partial charge in [0.05, 0.1) is 19.1 Å². The van der Waals surface area contributed by atoms with Gasteiger partial charge in [0.1, 0.15) is 5.75 Å². The predicted octanol–water partition coefficient (Wildman–Crippen LogP) is 1.16. The van der Waals surface area contributed by atoms with Crippen LogP contribution in [0, 0.1) is 5.92 Å². The molecule has 1 atom stereocenters. The van der Waals surface area contributed by atoms with Crippen molar-refractivity contribution >= 4 is 11.8 Å². The van der Waals surface area contributed by atoms with Crippen molar-refractivity contribution in [3.63, 3.8) is 0 Å². The molecule has 1 aromatic carbocycles. The topological polar surface area (TPSA) is 59.1 Å². The van der Waals surface area contributed by atoms with Crippen LogP contribution in [0.2, 0.25) is 0 Å². The lowest BCUT2D eigenvalue weighted by Gasteiger charge is -2.36. The monoisotopic (exact) mass is 332 g/mol. The Balaban J connectivity index is 1.50. The van der Waals surface area contributed by atoms with Crippen LogP contribution in [-0.4, -0.2) is 67.6 Å². The van der Waals surface area contributed by atoms with Gasteiger partial charge in [-0.05, 0) is 25.0 Å². The first-order valence-corrected chi connectivity index (χ1v) is 8.56. The number of morpholine rings is 1. The highest BCUT2D eigenvalue weighted by Gasteiger charge is 2.31. The van der Waals surface area contributed by atoms with Crippen molar-refractivity contribution in [1.29, 1.82) is 0 Å². The summed E-state index contributed by atoms with van der Waals surface area (Å²) in [5.41, 5.74) is 0. The zero-order valence-corrected chi connectivity index (χ0v) is 13.9. The number of piperidine rings is 1. The maximum Gasteiger partial charge on any atom is 0.260 e. The Hall–Kier alpha value is -2.08. The number of ether oxygens (including phenoxy) is 2. The lowest BCUT2D eigenvalue weighted by Crippen LogP contribution is -2.50. The molecule has 0 saturated carbocycles. The molecule has 6 heteroatoms. The lowest BCUT2D eigenvalue weighted by molar-refractivity contribution is -0.144. The van der Waals surface area contributed by atoms with Crippen LogP contribution in [0.4, 0.5) is 0 Å². The summed E-state index contributed by atoms with van der Waals surface area (Å²) in [6.07, 6.45) is 1.71. The third-order valence-electron chi connectivity index (χ3n) is 4.55. The van der Waals surface area contributed by atoms with Gasteiger partial charge in [0, 0.05) is 26.2 Å². The van der Waals surface area contributed by atoms with E-state index >= 15 is 0 Å². The summed E-state index contributed by atoms with van der Waals surface area (Å²) >= 11 is 0. The first kappa shape index (κ1) is 16.8. The van der Waals surface area contributed by atoms with E-state index in [2.05, 4.69) is 0 Å². The molecule has 1 unspecified atom stereocenters. The second-order valence-electron chi connectivity index (χ2n) is 6.22. The molecule has 0 radical (unpaired) electrons. The first-order chi connectivity index (χ1) is 11.7. The van der Waals surface area contributed by atoms with Gasteiger partial charge in [-0.2, -0.15) is 0 Å². The normalized spacial score (nSPS) is 21.4. The number of rotatable bonds is 4. The van der Waals surface area contributed by atoms with Gasteiger partial charge in [0.25, 0.3) is 5.91 Å². The first-order valence-electron chi connectivity index (χ1n) is 8.56. The molecule has 6 nitrogen and oxygen atoms in total. The number of hydrogen-bond acceptors (Lipinski definition) is 4. The highest BCUT2D eigenvalue weighted by Crippen LogP contribution is 2.20. The average Bonchev–Trinajstić information content (AvgIpc) is 2.67. The number of amides is 2. The number of para-hydroxylation sites is 1. The molecule has 2 aliphatic rings. The van der Waals surface area contributed by atoms with Crippen LogP contribution >= 0.6 is 0 Å². The Kier molecular flexibility index (Phi) is 5.69. The molecule has 0 bridgehead atoms. The number of carbonyl (C=O) groups excluding carboxylic acids is 2. The predicted molar refractivity (Wildman–Crippen MR) is 88.6 cm³/mol. The standard InChI is InChI=1S/C18H24N2O4/c21-17(14-24-16-6-2-1-3-7-16)20-8-4-5-15(13-20)18(22)19-9-11-23-12-10-19/h1-3,6-7,15H,4-5,8-14H2. The summed E-state index contributed by atoms with van der Waals surface area (Å²) in [6, 6.07) is 9.30. The molecular formula is C18H24N2O4. The molecule has 0 aromatic heterocycles. The van der Waals surface area contributed by atoms with Crippen LogP contribution in [0.3, 0.4) is 0 Å². The average molecular weight is 332 g/mol. The molecule has 2 saturated heterocycles. The number of nitrogens with zero attached hydrogens (tertiary/aromatic N) is 2. The third kappa shape index (κ3) is 4.26. The molecule has 0 N–H and O–H groups in total. The van der Waals surface area contributed by atoms with Crippen molar-refractivity contribution in [3.05, 3.63) is 30.3 Å². The van der Waals surface area contributed by atoms with Crippen LogP contribution in [0.25, 0.3) is 0 Å². The maximum atomic E-state index is 12.6. The Morgan fingerprint density at radius 3 is 2.58 bits per heavy atom. The van der Waals surface area contributed by atoms with Crippen molar-refractivity contribution in [3.8, 4) is 5.75 Å². The van der Waals surface area contributed by atoms with Crippen molar-refractivity contribution in [2.75, 3.05) is 46.0 Å². The van der Waals surface area contributed by atoms with Gasteiger partial charge in [-0.15, -0.1) is 0 Å². The van der Waals surface area contributed by atoms with Crippen LogP contribution in [0.5, 0.6) is 5.75 Å². The summed E-state index contributed by atoms with van der Waals surface area (Å²) in [5, 5.41) is 0. The molecule has 0 aliphatic carbocycles. The number of hydrogen-bond donors (Lipinski definition) is 0. The molecule has 0 spiro atoms. The minimum atomic E-state index is -0.0995. The Labute approximate surface area is 142 Å². The zero-order valence-electron chi connectivity index (χ0n) is 13.9. The lowest BCUT2D eigenvalue weighted by atomic mass is 9.96. The minimum absolute atomic E-state index is 0.0163. The molecule has 1 aromatic rings. The van der Waals surface area contributed by atoms with Gasteiger partial charge in [-0.3, -0.25) is 9.59 Å². The van der Waals surface area contributed by atoms with Crippen LogP contribution in [-0.2, 0) is 14.3 Å². The molecular weight excluding hydrogens is 308 g/mol. The highest BCUT2D eigenvalue weighted by atomic mass is 16.5. The van der Waals surface area contributed by atoms with E-state index < -0.39 is 0 Å². The van der Waals surface area contributed by atoms with Crippen molar-refractivity contribution < 1.29 is 19.1 Å². The van der Waals surface area contributed by atoms with Crippen LogP contribution in [0.1, 0.15) is 12.8 Å². The van der Waals surface area contributed by atoms with Gasteiger partial charge < -0.3 is 19.3 Å². The van der Waals surface area contributed by atoms with Gasteiger partial charge in [0.2, 0.25) is 5.91 Å². The van der Waals surface area contributed by atoms with Gasteiger partial charge in [0.15, 0.2) is 6.61 Å². The molecule has 24 heavy (non-hydrogen) atoms. The maximum absolute atomic E-state index is 12.6. The molecule has 2 amide bonds. The number of likely N-dealkylation sites (tertiary alicyclic amines) is 1. The molecule has 3 rings (SSSR count). The Bertz CT molecular complexity index is 557. The molecule has 130 valence electrons. The van der Waals surface area contributed by atoms with E-state index in [0.717, 1.165) is 12.8 Å². The molecule has 2 fully saturated rings. The molecule has 2 heterocycles. The summed E-state index contributed by atoms with van der Waals surface area (Å²) in [7, 11) is 0. The third-order valence-corrected chi connectivity index (χ3v) is 4.55. The van der Waals surface area contributed by atoms with Gasteiger partial charge >= 0.3 is 0 Å². The van der Waals surface area contributed by atoms with E-state index in [1.165, 1.54) is 0 Å². The minimum Gasteiger partial charge on any atom is -0.484 e. The fraction of sp³-hybridized carbons (Fsp3) is 0.556. The van der Waals surface area contributed by atoms with E-state index in [-0.39, 0.29) is 24.3 Å². The Morgan fingerprint density at radius 2 is 1.83 bits per heavy atom. The second kappa shape index (κ2) is 8.15. The van der Waals surface area contributed by atoms with E-state index in [4.69, 9.17) is 9.47 Å². The van der Waals surface area contributed by atoms with Gasteiger partial charge in [-0.25, -0.2) is 0 Å². The summed E-state index contributed by atoms with van der Waals surface area (Å²) in [6.45, 7) is 3.72. The fourth-order valence-corrected chi connectivity index (χ4v) is 3.20. The zero-order chi connectivity index (χ0) is 16.8. The quantitative estimate of drug-likeness (QED) is 0.830. The Morgan fingerprint density at radius 1 is 1.08 bits per heavy atom. The fourth-order valence-electron chi connectivity index (χ4n) is 3.20. The summed E-state index contributed by atoms with van der Waals surface area (Å²) in [5.74, 6) is 0.680. The number of benzene rings is 1. The molecule has 2 aliphatic heterocycles. The van der Waals surface area contributed by atoms with Crippen LogP contribution in [0.15, 0.2) is 30.3 Å². The van der Waals surface area contributed by atoms with E-state index in [0.29, 0.717) is 45.1 Å². The highest BCUT2D eigenvalue weighted by molar-refractivity contribution is 5.82. The largest absolute Gasteiger partial charge is 0.484 e. The number of carbonyl (C=O) groups is 2. The smallest absolute Gasteiger partial charge is 0.260 e. The van der Waals surface area contributed by atoms with Crippen molar-refractivity contribution in [2.45, 2.75) is 12.8 Å². The van der Waals surface area contributed by atoms with Crippen molar-refractivity contribution in [2.24, 2.45) is 5.92 Å². The van der Waals surface area contributed by atoms with Crippen LogP contribution < -0.4 is 4.74 Å². The SMILES string of the molecule is O=C(COc1ccccc1)N1CCCC(C(=O)N2CCOCC2)C1. The summed E-state index contributed by atoms with van der Waals surface area (Å²) < 4.78 is 10.8. The van der Waals surface area contributed by atoms with E-state index in [1.54, 1.807) is 4.90 Å². The second-order valence-corrected chi connectivity index (χ2v) is 6.22. The van der Waals surface area contributed by atoms with Crippen molar-refractivity contribution in [1.82, 2.24) is 9.80 Å². The van der Waals surface area contributed by atoms with Gasteiger partial charge in [-0.1, -0.05) is 18.2 Å². The summed E-state index contributed by atoms with van der Waals surface area (Å²) in [4.78, 5) is 28.6. The van der Waals surface area contributed by atoms with E-state index in [9.17, 15) is 9.59 Å².